The van der Waals surface area contributed by atoms with Gasteiger partial charge in [-0.3, -0.25) is 18.6 Å². The third-order valence-electron chi connectivity index (χ3n) is 13.4. The first kappa shape index (κ1) is 78.6. The first-order valence-corrected chi connectivity index (χ1v) is 34.5. The van der Waals surface area contributed by atoms with E-state index < -0.39 is 26.5 Å². The van der Waals surface area contributed by atoms with Crippen molar-refractivity contribution >= 4 is 19.8 Å². The van der Waals surface area contributed by atoms with Crippen LogP contribution in [0.25, 0.3) is 0 Å². The Morgan fingerprint density at radius 3 is 0.928 bits per heavy atom. The average molecular weight is 1170 g/mol. The van der Waals surface area contributed by atoms with Gasteiger partial charge in [0, 0.05) is 19.4 Å². The minimum absolute atomic E-state index is 0.0431. The lowest BCUT2D eigenvalue weighted by molar-refractivity contribution is -0.161. The van der Waals surface area contributed by atoms with Crippen molar-refractivity contribution in [2.24, 2.45) is 5.73 Å². The van der Waals surface area contributed by atoms with Gasteiger partial charge in [-0.2, -0.15) is 0 Å². The normalized spacial score (nSPS) is 14.0. The van der Waals surface area contributed by atoms with E-state index in [1.54, 1.807) is 0 Å². The van der Waals surface area contributed by atoms with E-state index in [0.29, 0.717) is 6.42 Å². The fourth-order valence-corrected chi connectivity index (χ4v) is 9.39. The van der Waals surface area contributed by atoms with Gasteiger partial charge < -0.3 is 20.1 Å². The number of nitrogens with two attached hydrogens (primary N) is 1. The maximum absolute atomic E-state index is 12.7. The highest BCUT2D eigenvalue weighted by Gasteiger charge is 2.26. The van der Waals surface area contributed by atoms with Gasteiger partial charge in [-0.15, -0.1) is 0 Å². The van der Waals surface area contributed by atoms with Crippen LogP contribution in [-0.4, -0.2) is 49.3 Å². The molecule has 10 heteroatoms. The van der Waals surface area contributed by atoms with Crippen molar-refractivity contribution in [3.05, 3.63) is 158 Å². The number of phosphoric ester groups is 1. The zero-order chi connectivity index (χ0) is 60.1. The lowest BCUT2D eigenvalue weighted by Gasteiger charge is -2.19. The van der Waals surface area contributed by atoms with E-state index in [2.05, 4.69) is 172 Å². The number of unbranched alkanes of at least 4 members (excludes halogenated alkanes) is 21. The van der Waals surface area contributed by atoms with Gasteiger partial charge in [-0.25, -0.2) is 4.57 Å². The molecular weight excluding hydrogens is 1050 g/mol. The number of phosphoric acid groups is 1. The van der Waals surface area contributed by atoms with Crippen molar-refractivity contribution in [3.8, 4) is 0 Å². The summed E-state index contributed by atoms with van der Waals surface area (Å²) < 4.78 is 33.1. The van der Waals surface area contributed by atoms with Crippen LogP contribution in [0.3, 0.4) is 0 Å². The third-order valence-corrected chi connectivity index (χ3v) is 14.4. The number of allylic oxidation sites excluding steroid dienone is 26. The van der Waals surface area contributed by atoms with Crippen LogP contribution in [0.15, 0.2) is 158 Å². The molecule has 0 aliphatic rings. The lowest BCUT2D eigenvalue weighted by Crippen LogP contribution is -2.29. The molecule has 0 aromatic carbocycles. The molecule has 0 amide bonds. The Morgan fingerprint density at radius 1 is 0.361 bits per heavy atom. The van der Waals surface area contributed by atoms with Crippen LogP contribution >= 0.6 is 7.82 Å². The van der Waals surface area contributed by atoms with Crippen molar-refractivity contribution in [2.45, 2.75) is 264 Å². The summed E-state index contributed by atoms with van der Waals surface area (Å²) in [5.74, 6) is -0.851. The second kappa shape index (κ2) is 66.8. The Balaban J connectivity index is 4.00. The summed E-state index contributed by atoms with van der Waals surface area (Å²) in [5, 5.41) is 0. The van der Waals surface area contributed by atoms with Gasteiger partial charge in [0.2, 0.25) is 0 Å². The predicted molar refractivity (Wildman–Crippen MR) is 357 cm³/mol. The Labute approximate surface area is 509 Å². The van der Waals surface area contributed by atoms with Gasteiger partial charge in [0.25, 0.3) is 0 Å². The molecule has 0 aliphatic heterocycles. The summed E-state index contributed by atoms with van der Waals surface area (Å²) in [5.41, 5.74) is 5.39. The monoisotopic (exact) mass is 1170 g/mol. The highest BCUT2D eigenvalue weighted by molar-refractivity contribution is 7.47. The van der Waals surface area contributed by atoms with E-state index in [0.717, 1.165) is 141 Å². The van der Waals surface area contributed by atoms with Crippen molar-refractivity contribution in [3.63, 3.8) is 0 Å². The number of hydrogen-bond acceptors (Lipinski definition) is 8. The fraction of sp³-hybridized carbons (Fsp3) is 0.616. The summed E-state index contributed by atoms with van der Waals surface area (Å²) >= 11 is 0. The molecule has 83 heavy (non-hydrogen) atoms. The standard InChI is InChI=1S/C73H120NO8P/c1-3-5-7-9-11-13-15-17-19-21-23-25-27-29-31-33-35-37-39-41-43-45-47-49-51-53-55-57-59-61-63-65-72(75)79-69-71(70-81-83(77,78)80-68-67-74)82-73(76)66-64-62-60-58-56-54-52-50-48-46-44-42-40-38-36-34-32-30-28-26-24-22-20-18-16-14-12-10-8-6-4-2/h5-8,11-14,17-20,23-26,29-32,36,38,42,44,48,50,71H,3-4,9-10,15-16,21-22,27-28,33-35,37,39-41,43,45-47,49,51-70,74H2,1-2H3,(H,77,78)/b7-5-,8-6-,13-11-,14-12-,19-17-,20-18-,25-23-,26-24-,31-29-,32-30-,38-36-,44-42-,50-48-. The first-order chi connectivity index (χ1) is 40.8. The topological polar surface area (TPSA) is 134 Å². The van der Waals surface area contributed by atoms with E-state index in [9.17, 15) is 19.0 Å². The van der Waals surface area contributed by atoms with Gasteiger partial charge >= 0.3 is 19.8 Å². The average Bonchev–Trinajstić information content (AvgIpc) is 3.48. The summed E-state index contributed by atoms with van der Waals surface area (Å²) in [7, 11) is -4.41. The molecule has 0 fully saturated rings. The summed E-state index contributed by atoms with van der Waals surface area (Å²) in [6, 6.07) is 0. The van der Waals surface area contributed by atoms with Crippen LogP contribution in [0.1, 0.15) is 258 Å². The van der Waals surface area contributed by atoms with Crippen molar-refractivity contribution in [1.29, 1.82) is 0 Å². The van der Waals surface area contributed by atoms with Crippen LogP contribution < -0.4 is 5.73 Å². The Morgan fingerprint density at radius 2 is 0.627 bits per heavy atom. The highest BCUT2D eigenvalue weighted by atomic mass is 31.2. The second-order valence-electron chi connectivity index (χ2n) is 21.2. The highest BCUT2D eigenvalue weighted by Crippen LogP contribution is 2.43. The maximum Gasteiger partial charge on any atom is 0.472 e. The molecule has 3 N–H and O–H groups in total. The first-order valence-electron chi connectivity index (χ1n) is 33.0. The number of esters is 2. The number of carbonyl (C=O) groups is 2. The Bertz CT molecular complexity index is 1920. The zero-order valence-corrected chi connectivity index (χ0v) is 53.5. The molecule has 0 heterocycles. The van der Waals surface area contributed by atoms with Crippen molar-refractivity contribution in [2.75, 3.05) is 26.4 Å². The molecule has 0 radical (unpaired) electrons. The molecule has 0 aromatic heterocycles. The van der Waals surface area contributed by atoms with Crippen LogP contribution in [0.5, 0.6) is 0 Å². The third kappa shape index (κ3) is 66.6. The minimum Gasteiger partial charge on any atom is -0.462 e. The molecular formula is C73H120NO8P. The molecule has 0 bridgehead atoms. The molecule has 9 nitrogen and oxygen atoms in total. The summed E-state index contributed by atoms with van der Waals surface area (Å²) in [4.78, 5) is 35.3. The molecule has 0 aromatic rings. The fourth-order valence-electron chi connectivity index (χ4n) is 8.62. The van der Waals surface area contributed by atoms with E-state index in [4.69, 9.17) is 24.3 Å². The van der Waals surface area contributed by atoms with Crippen LogP contribution in [-0.2, 0) is 32.7 Å². The van der Waals surface area contributed by atoms with Crippen LogP contribution in [0.4, 0.5) is 0 Å². The molecule has 2 unspecified atom stereocenters. The van der Waals surface area contributed by atoms with Crippen molar-refractivity contribution < 1.29 is 37.6 Å². The SMILES string of the molecule is CC/C=C\C/C=C\C/C=C\C/C=C\C/C=C\C/C=C\C/C=C\C/C=C\CCCCCCCCC(=O)OC(COC(=O)CCCCCCCCCCCCCCCCC/C=C\C/C=C\C/C=C\C/C=C\C/C=C\CC)COP(=O)(O)OCCN. The quantitative estimate of drug-likeness (QED) is 0.0264. The van der Waals surface area contributed by atoms with Crippen LogP contribution in [0, 0.1) is 0 Å². The molecule has 2 atom stereocenters. The Hall–Kier alpha value is -4.37. The van der Waals surface area contributed by atoms with E-state index in [1.807, 2.05) is 0 Å². The molecule has 0 aliphatic carbocycles. The number of rotatable bonds is 60. The van der Waals surface area contributed by atoms with Gasteiger partial charge in [0.05, 0.1) is 13.2 Å². The number of ether oxygens (including phenoxy) is 2. The molecule has 0 saturated heterocycles. The zero-order valence-electron chi connectivity index (χ0n) is 52.6. The molecule has 0 rings (SSSR count). The molecule has 0 saturated carbocycles. The van der Waals surface area contributed by atoms with Gasteiger partial charge in [-0.1, -0.05) is 281 Å². The van der Waals surface area contributed by atoms with Gasteiger partial charge in [0.15, 0.2) is 6.10 Å². The van der Waals surface area contributed by atoms with E-state index in [1.165, 1.54) is 83.5 Å². The van der Waals surface area contributed by atoms with E-state index >= 15 is 0 Å². The predicted octanol–water partition coefficient (Wildman–Crippen LogP) is 21.6. The summed E-state index contributed by atoms with van der Waals surface area (Å²) in [6.07, 6.45) is 97.4. The summed E-state index contributed by atoms with van der Waals surface area (Å²) in [6.45, 7) is 3.50. The number of carbonyl (C=O) groups excluding carboxylic acids is 2. The molecule has 470 valence electrons. The second-order valence-corrected chi connectivity index (χ2v) is 22.7. The number of hydrogen-bond donors (Lipinski definition) is 2. The van der Waals surface area contributed by atoms with Crippen molar-refractivity contribution in [1.82, 2.24) is 0 Å². The van der Waals surface area contributed by atoms with Crippen LogP contribution in [0.2, 0.25) is 0 Å². The largest absolute Gasteiger partial charge is 0.472 e. The smallest absolute Gasteiger partial charge is 0.462 e. The van der Waals surface area contributed by atoms with Gasteiger partial charge in [0.1, 0.15) is 6.61 Å². The van der Waals surface area contributed by atoms with Gasteiger partial charge in [-0.05, 0) is 122 Å². The lowest BCUT2D eigenvalue weighted by atomic mass is 10.0. The molecule has 0 spiro atoms. The van der Waals surface area contributed by atoms with E-state index in [-0.39, 0.29) is 38.6 Å². The Kier molecular flexibility index (Phi) is 63.3. The maximum atomic E-state index is 12.7. The minimum atomic E-state index is -4.41.